The second-order valence-electron chi connectivity index (χ2n) is 7.21. The van der Waals surface area contributed by atoms with Gasteiger partial charge in [-0.1, -0.05) is 30.3 Å². The number of nitrogens with zero attached hydrogens (tertiary/aromatic N) is 2. The highest BCUT2D eigenvalue weighted by atomic mass is 16.5. The fraction of sp³-hybridized carbons (Fsp3) is 0.208. The van der Waals surface area contributed by atoms with Crippen molar-refractivity contribution in [3.63, 3.8) is 0 Å². The molecule has 0 radical (unpaired) electrons. The molecule has 2 heterocycles. The molecule has 1 atom stereocenters. The molecule has 0 saturated carbocycles. The van der Waals surface area contributed by atoms with Crippen molar-refractivity contribution < 1.29 is 14.3 Å². The van der Waals surface area contributed by atoms with E-state index in [-0.39, 0.29) is 11.8 Å². The largest absolute Gasteiger partial charge is 0.479 e. The number of rotatable bonds is 6. The van der Waals surface area contributed by atoms with Crippen LogP contribution in [0.2, 0.25) is 0 Å². The van der Waals surface area contributed by atoms with Gasteiger partial charge in [0.15, 0.2) is 6.10 Å². The number of nitrogens with one attached hydrogen (secondary N) is 1. The van der Waals surface area contributed by atoms with Crippen LogP contribution in [0.15, 0.2) is 73.1 Å². The Morgan fingerprint density at radius 2 is 1.87 bits per heavy atom. The lowest BCUT2D eigenvalue weighted by molar-refractivity contribution is -0.125. The lowest BCUT2D eigenvalue weighted by Gasteiger charge is -2.33. The van der Waals surface area contributed by atoms with Crippen molar-refractivity contribution in [2.24, 2.45) is 0 Å². The van der Waals surface area contributed by atoms with Gasteiger partial charge in [0.1, 0.15) is 5.75 Å². The number of amides is 2. The molecule has 4 rings (SSSR count). The fourth-order valence-corrected chi connectivity index (χ4v) is 3.51. The van der Waals surface area contributed by atoms with E-state index in [1.165, 1.54) is 5.56 Å². The van der Waals surface area contributed by atoms with E-state index in [0.29, 0.717) is 29.2 Å². The first-order valence-corrected chi connectivity index (χ1v) is 9.99. The van der Waals surface area contributed by atoms with Crippen LogP contribution in [-0.2, 0) is 11.2 Å². The Morgan fingerprint density at radius 1 is 1.10 bits per heavy atom. The van der Waals surface area contributed by atoms with Crippen LogP contribution in [0.4, 0.5) is 11.4 Å². The number of hydrogen-bond donors (Lipinski definition) is 1. The van der Waals surface area contributed by atoms with E-state index in [4.69, 9.17) is 4.74 Å². The molecule has 0 spiro atoms. The van der Waals surface area contributed by atoms with Crippen LogP contribution in [0.3, 0.4) is 0 Å². The normalized spacial score (nSPS) is 15.3. The van der Waals surface area contributed by atoms with Gasteiger partial charge in [-0.3, -0.25) is 14.6 Å². The molecule has 2 amide bonds. The molecule has 6 nitrogen and oxygen atoms in total. The van der Waals surface area contributed by atoms with Gasteiger partial charge in [0.05, 0.1) is 5.69 Å². The number of aromatic nitrogens is 1. The summed E-state index contributed by atoms with van der Waals surface area (Å²) in [6, 6.07) is 18.9. The Hall–Kier alpha value is -3.67. The average molecular weight is 401 g/mol. The number of ether oxygens (including phenoxy) is 1. The molecule has 2 aromatic carbocycles. The first-order valence-electron chi connectivity index (χ1n) is 9.99. The third kappa shape index (κ3) is 4.33. The van der Waals surface area contributed by atoms with E-state index in [2.05, 4.69) is 22.4 Å². The number of aryl methyl sites for hydroxylation is 1. The van der Waals surface area contributed by atoms with Gasteiger partial charge < -0.3 is 15.0 Å². The lowest BCUT2D eigenvalue weighted by Crippen LogP contribution is -2.45. The molecule has 1 aromatic heterocycles. The summed E-state index contributed by atoms with van der Waals surface area (Å²) in [4.78, 5) is 30.9. The van der Waals surface area contributed by atoms with Gasteiger partial charge >= 0.3 is 0 Å². The van der Waals surface area contributed by atoms with Crippen molar-refractivity contribution in [3.8, 4) is 5.75 Å². The summed E-state index contributed by atoms with van der Waals surface area (Å²) in [7, 11) is 0. The Kier molecular flexibility index (Phi) is 5.75. The van der Waals surface area contributed by atoms with Crippen molar-refractivity contribution >= 4 is 23.2 Å². The van der Waals surface area contributed by atoms with Crippen LogP contribution in [0.25, 0.3) is 0 Å². The first kappa shape index (κ1) is 19.6. The molecule has 30 heavy (non-hydrogen) atoms. The monoisotopic (exact) mass is 401 g/mol. The Bertz CT molecular complexity index is 1040. The van der Waals surface area contributed by atoms with Gasteiger partial charge in [-0.2, -0.15) is 0 Å². The predicted molar refractivity (Wildman–Crippen MR) is 116 cm³/mol. The maximum atomic E-state index is 12.8. The van der Waals surface area contributed by atoms with Crippen molar-refractivity contribution in [3.05, 3.63) is 84.2 Å². The van der Waals surface area contributed by atoms with E-state index in [0.717, 1.165) is 12.8 Å². The van der Waals surface area contributed by atoms with Gasteiger partial charge in [-0.05, 0) is 55.7 Å². The molecular formula is C24H23N3O3. The number of pyridine rings is 1. The van der Waals surface area contributed by atoms with Crippen molar-refractivity contribution in [1.29, 1.82) is 0 Å². The lowest BCUT2D eigenvalue weighted by atomic mass is 10.1. The van der Waals surface area contributed by atoms with Crippen LogP contribution in [0.1, 0.15) is 29.3 Å². The predicted octanol–water partition coefficient (Wildman–Crippen LogP) is 4.08. The molecule has 152 valence electrons. The van der Waals surface area contributed by atoms with E-state index in [1.54, 1.807) is 54.5 Å². The van der Waals surface area contributed by atoms with Crippen LogP contribution in [-0.4, -0.2) is 29.4 Å². The summed E-state index contributed by atoms with van der Waals surface area (Å²) in [5.74, 6) is 0.335. The van der Waals surface area contributed by atoms with Gasteiger partial charge in [0.2, 0.25) is 0 Å². The number of carbonyl (C=O) groups is 2. The molecule has 1 aliphatic heterocycles. The standard InChI is InChI=1S/C24H23N3O3/c1-17-24(29)27(15-5-8-18-6-3-2-4-7-18)21-16-20(9-10-22(21)30-17)26-23(28)19-11-13-25-14-12-19/h2-4,6-7,9-14,16-17H,5,8,15H2,1H3,(H,26,28). The molecule has 1 aliphatic rings. The van der Waals surface area contributed by atoms with Gasteiger partial charge in [-0.25, -0.2) is 0 Å². The zero-order valence-corrected chi connectivity index (χ0v) is 16.7. The highest BCUT2D eigenvalue weighted by Crippen LogP contribution is 2.36. The topological polar surface area (TPSA) is 71.5 Å². The average Bonchev–Trinajstić information content (AvgIpc) is 2.78. The van der Waals surface area contributed by atoms with Crippen LogP contribution < -0.4 is 15.0 Å². The number of carbonyl (C=O) groups excluding carboxylic acids is 2. The van der Waals surface area contributed by atoms with Gasteiger partial charge in [-0.15, -0.1) is 0 Å². The highest BCUT2D eigenvalue weighted by molar-refractivity contribution is 6.05. The quantitative estimate of drug-likeness (QED) is 0.676. The third-order valence-electron chi connectivity index (χ3n) is 5.06. The molecule has 0 saturated heterocycles. The molecule has 0 aliphatic carbocycles. The molecule has 1 unspecified atom stereocenters. The maximum Gasteiger partial charge on any atom is 0.267 e. The van der Waals surface area contributed by atoms with Gasteiger partial charge in [0, 0.05) is 30.2 Å². The number of hydrogen-bond acceptors (Lipinski definition) is 4. The SMILES string of the molecule is CC1Oc2ccc(NC(=O)c3ccncc3)cc2N(CCCc2ccccc2)C1=O. The van der Waals surface area contributed by atoms with Crippen molar-refractivity contribution in [1.82, 2.24) is 4.98 Å². The maximum absolute atomic E-state index is 12.8. The van der Waals surface area contributed by atoms with Gasteiger partial charge in [0.25, 0.3) is 11.8 Å². The number of anilines is 2. The summed E-state index contributed by atoms with van der Waals surface area (Å²) >= 11 is 0. The summed E-state index contributed by atoms with van der Waals surface area (Å²) in [5, 5.41) is 2.88. The second kappa shape index (κ2) is 8.78. The summed E-state index contributed by atoms with van der Waals surface area (Å²) in [6.45, 7) is 2.34. The Labute approximate surface area is 175 Å². The van der Waals surface area contributed by atoms with E-state index >= 15 is 0 Å². The molecule has 0 fully saturated rings. The van der Waals surface area contributed by atoms with E-state index < -0.39 is 6.10 Å². The minimum atomic E-state index is -0.536. The van der Waals surface area contributed by atoms with Crippen molar-refractivity contribution in [2.75, 3.05) is 16.8 Å². The molecule has 0 bridgehead atoms. The minimum Gasteiger partial charge on any atom is -0.479 e. The van der Waals surface area contributed by atoms with Crippen molar-refractivity contribution in [2.45, 2.75) is 25.9 Å². The smallest absolute Gasteiger partial charge is 0.267 e. The number of fused-ring (bicyclic) bond motifs is 1. The third-order valence-corrected chi connectivity index (χ3v) is 5.06. The zero-order valence-electron chi connectivity index (χ0n) is 16.7. The summed E-state index contributed by atoms with van der Waals surface area (Å²) < 4.78 is 5.77. The first-order chi connectivity index (χ1) is 14.6. The zero-order chi connectivity index (χ0) is 20.9. The van der Waals surface area contributed by atoms with Crippen LogP contribution >= 0.6 is 0 Å². The fourth-order valence-electron chi connectivity index (χ4n) is 3.51. The van der Waals surface area contributed by atoms with E-state index in [1.807, 2.05) is 18.2 Å². The Morgan fingerprint density at radius 3 is 2.63 bits per heavy atom. The number of benzene rings is 2. The molecule has 3 aromatic rings. The molecule has 1 N–H and O–H groups in total. The van der Waals surface area contributed by atoms with Crippen LogP contribution in [0.5, 0.6) is 5.75 Å². The molecule has 6 heteroatoms. The minimum absolute atomic E-state index is 0.0758. The summed E-state index contributed by atoms with van der Waals surface area (Å²) in [5.41, 5.74) is 3.04. The Balaban J connectivity index is 1.51. The van der Waals surface area contributed by atoms with Crippen LogP contribution in [0, 0.1) is 0 Å². The summed E-state index contributed by atoms with van der Waals surface area (Å²) in [6.07, 6.45) is 4.32. The molecular weight excluding hydrogens is 378 g/mol. The van der Waals surface area contributed by atoms with E-state index in [9.17, 15) is 9.59 Å². The second-order valence-corrected chi connectivity index (χ2v) is 7.21. The highest BCUT2D eigenvalue weighted by Gasteiger charge is 2.31.